The largest absolute Gasteiger partial charge is 0.395 e. The molecule has 0 saturated carbocycles. The third-order valence-electron chi connectivity index (χ3n) is 4.94. The number of nitrogens with one attached hydrogen (secondary N) is 2. The molecule has 0 aliphatic carbocycles. The second kappa shape index (κ2) is 6.43. The Hall–Kier alpha value is -1.69. The van der Waals surface area contributed by atoms with Crippen LogP contribution in [0.4, 0.5) is 0 Å². The predicted octanol–water partition coefficient (Wildman–Crippen LogP) is 1.30. The molecule has 5 nitrogen and oxygen atoms in total. The molecule has 0 amide bonds. The summed E-state index contributed by atoms with van der Waals surface area (Å²) in [6.45, 7) is 5.74. The molecular formula is C18H25N3O2. The number of aliphatic hydroxyl groups is 1. The minimum Gasteiger partial charge on any atom is -0.395 e. The Balaban J connectivity index is 1.79. The molecule has 1 aromatic heterocycles. The number of aromatic amines is 1. The van der Waals surface area contributed by atoms with Gasteiger partial charge in [0.25, 0.3) is 0 Å². The fourth-order valence-electron chi connectivity index (χ4n) is 3.51. The van der Waals surface area contributed by atoms with Crippen LogP contribution in [-0.4, -0.2) is 47.3 Å². The quantitative estimate of drug-likeness (QED) is 0.795. The van der Waals surface area contributed by atoms with Crippen LogP contribution >= 0.6 is 0 Å². The van der Waals surface area contributed by atoms with Gasteiger partial charge in [-0.25, -0.2) is 0 Å². The second-order valence-corrected chi connectivity index (χ2v) is 6.70. The van der Waals surface area contributed by atoms with E-state index in [1.807, 2.05) is 33.0 Å². The van der Waals surface area contributed by atoms with Gasteiger partial charge in [-0.3, -0.25) is 9.69 Å². The molecule has 1 aromatic carbocycles. The molecule has 124 valence electrons. The van der Waals surface area contributed by atoms with Gasteiger partial charge in [-0.05, 0) is 38.4 Å². The smallest absolute Gasteiger partial charge is 0.189 e. The van der Waals surface area contributed by atoms with E-state index in [1.54, 1.807) is 6.07 Å². The highest BCUT2D eigenvalue weighted by molar-refractivity contribution is 5.84. The molecular weight excluding hydrogens is 290 g/mol. The van der Waals surface area contributed by atoms with E-state index in [4.69, 9.17) is 0 Å². The molecule has 1 fully saturated rings. The van der Waals surface area contributed by atoms with E-state index in [1.165, 1.54) is 0 Å². The Morgan fingerprint density at radius 2 is 2.09 bits per heavy atom. The summed E-state index contributed by atoms with van der Waals surface area (Å²) in [7, 11) is 2.03. The molecule has 1 aliphatic heterocycles. The Labute approximate surface area is 136 Å². The molecule has 1 aliphatic rings. The predicted molar refractivity (Wildman–Crippen MR) is 92.8 cm³/mol. The van der Waals surface area contributed by atoms with Gasteiger partial charge in [0.2, 0.25) is 0 Å². The van der Waals surface area contributed by atoms with Crippen molar-refractivity contribution in [2.24, 2.45) is 0 Å². The van der Waals surface area contributed by atoms with Crippen molar-refractivity contribution in [3.05, 3.63) is 45.2 Å². The summed E-state index contributed by atoms with van der Waals surface area (Å²) in [5, 5.41) is 13.6. The van der Waals surface area contributed by atoms with Crippen LogP contribution in [0.5, 0.6) is 0 Å². The summed E-state index contributed by atoms with van der Waals surface area (Å²) in [5.41, 5.74) is 4.02. The van der Waals surface area contributed by atoms with Crippen LogP contribution in [0, 0.1) is 13.8 Å². The molecule has 5 heteroatoms. The summed E-state index contributed by atoms with van der Waals surface area (Å²) in [6.07, 6.45) is 0.933. The molecule has 2 aromatic rings. The van der Waals surface area contributed by atoms with E-state index in [2.05, 4.69) is 15.2 Å². The number of fused-ring (bicyclic) bond motifs is 1. The molecule has 0 bridgehead atoms. The number of aliphatic hydroxyl groups excluding tert-OH is 1. The van der Waals surface area contributed by atoms with Gasteiger partial charge in [-0.15, -0.1) is 0 Å². The SMILES string of the molecule is Cc1ccc(C)c2c(=O)cc(CN[C@@H]3C[C@@H](CO)N(C)C3)[nH]c12. The summed E-state index contributed by atoms with van der Waals surface area (Å²) in [4.78, 5) is 18.0. The van der Waals surface area contributed by atoms with Crippen molar-refractivity contribution < 1.29 is 5.11 Å². The fourth-order valence-corrected chi connectivity index (χ4v) is 3.51. The van der Waals surface area contributed by atoms with Crippen molar-refractivity contribution >= 4 is 10.9 Å². The van der Waals surface area contributed by atoms with Crippen LogP contribution in [0.2, 0.25) is 0 Å². The lowest BCUT2D eigenvalue weighted by Gasteiger charge is -2.15. The van der Waals surface area contributed by atoms with Crippen molar-refractivity contribution in [2.45, 2.75) is 38.9 Å². The van der Waals surface area contributed by atoms with Crippen molar-refractivity contribution in [3.63, 3.8) is 0 Å². The molecule has 3 rings (SSSR count). The Kier molecular flexibility index (Phi) is 4.53. The molecule has 0 unspecified atom stereocenters. The van der Waals surface area contributed by atoms with Gasteiger partial charge in [-0.2, -0.15) is 0 Å². The standard InChI is InChI=1S/C18H25N3O2/c1-11-4-5-12(2)18-17(11)16(23)7-13(20-18)8-19-14-6-15(10-22)21(3)9-14/h4-5,7,14-15,19,22H,6,8-10H2,1-3H3,(H,20,23)/t14-,15+/m1/s1. The summed E-state index contributed by atoms with van der Waals surface area (Å²) in [6, 6.07) is 6.31. The Morgan fingerprint density at radius 1 is 1.35 bits per heavy atom. The lowest BCUT2D eigenvalue weighted by molar-refractivity contribution is 0.182. The third-order valence-corrected chi connectivity index (χ3v) is 4.94. The number of benzene rings is 1. The number of H-pyrrole nitrogens is 1. The van der Waals surface area contributed by atoms with Crippen LogP contribution in [0.15, 0.2) is 23.0 Å². The van der Waals surface area contributed by atoms with Gasteiger partial charge in [0.1, 0.15) is 0 Å². The number of nitrogens with zero attached hydrogens (tertiary/aromatic N) is 1. The van der Waals surface area contributed by atoms with E-state index in [0.29, 0.717) is 12.6 Å². The normalized spacial score (nSPS) is 22.1. The minimum absolute atomic E-state index is 0.0773. The third kappa shape index (κ3) is 3.17. The number of likely N-dealkylation sites (N-methyl/N-ethyl adjacent to an activating group) is 1. The Morgan fingerprint density at radius 3 is 2.78 bits per heavy atom. The lowest BCUT2D eigenvalue weighted by atomic mass is 10.0. The number of hydrogen-bond acceptors (Lipinski definition) is 4. The molecule has 3 N–H and O–H groups in total. The van der Waals surface area contributed by atoms with Crippen molar-refractivity contribution in [1.29, 1.82) is 0 Å². The topological polar surface area (TPSA) is 68.4 Å². The summed E-state index contributed by atoms with van der Waals surface area (Å²) < 4.78 is 0. The fraction of sp³-hybridized carbons (Fsp3) is 0.500. The van der Waals surface area contributed by atoms with Crippen molar-refractivity contribution in [1.82, 2.24) is 15.2 Å². The van der Waals surface area contributed by atoms with Crippen LogP contribution in [0.25, 0.3) is 10.9 Å². The first kappa shape index (κ1) is 16.2. The van der Waals surface area contributed by atoms with Gasteiger partial charge in [0.15, 0.2) is 5.43 Å². The van der Waals surface area contributed by atoms with E-state index in [-0.39, 0.29) is 18.1 Å². The zero-order valence-corrected chi connectivity index (χ0v) is 14.0. The molecule has 23 heavy (non-hydrogen) atoms. The highest BCUT2D eigenvalue weighted by atomic mass is 16.3. The van der Waals surface area contributed by atoms with Crippen LogP contribution in [0.1, 0.15) is 23.2 Å². The molecule has 0 spiro atoms. The first-order valence-corrected chi connectivity index (χ1v) is 8.16. The highest BCUT2D eigenvalue weighted by Gasteiger charge is 2.28. The van der Waals surface area contributed by atoms with Crippen LogP contribution in [-0.2, 0) is 6.54 Å². The van der Waals surface area contributed by atoms with Gasteiger partial charge in [0.05, 0.1) is 12.1 Å². The molecule has 2 atom stereocenters. The zero-order valence-electron chi connectivity index (χ0n) is 14.0. The average Bonchev–Trinajstić information content (AvgIpc) is 2.89. The van der Waals surface area contributed by atoms with E-state index in [0.717, 1.165) is 40.7 Å². The van der Waals surface area contributed by atoms with E-state index >= 15 is 0 Å². The first-order chi connectivity index (χ1) is 11.0. The maximum atomic E-state index is 12.4. The van der Waals surface area contributed by atoms with E-state index in [9.17, 15) is 9.90 Å². The maximum absolute atomic E-state index is 12.4. The number of aromatic nitrogens is 1. The first-order valence-electron chi connectivity index (χ1n) is 8.16. The maximum Gasteiger partial charge on any atom is 0.189 e. The van der Waals surface area contributed by atoms with Gasteiger partial charge in [0, 0.05) is 42.3 Å². The number of likely N-dealkylation sites (tertiary alicyclic amines) is 1. The van der Waals surface area contributed by atoms with Crippen LogP contribution in [0.3, 0.4) is 0 Å². The van der Waals surface area contributed by atoms with Crippen LogP contribution < -0.4 is 10.7 Å². The average molecular weight is 315 g/mol. The summed E-state index contributed by atoms with van der Waals surface area (Å²) >= 11 is 0. The number of hydrogen-bond donors (Lipinski definition) is 3. The highest BCUT2D eigenvalue weighted by Crippen LogP contribution is 2.18. The molecule has 0 radical (unpaired) electrons. The van der Waals surface area contributed by atoms with Crippen molar-refractivity contribution in [3.8, 4) is 0 Å². The van der Waals surface area contributed by atoms with E-state index < -0.39 is 0 Å². The molecule has 2 heterocycles. The number of aryl methyl sites for hydroxylation is 2. The van der Waals surface area contributed by atoms with Crippen molar-refractivity contribution in [2.75, 3.05) is 20.2 Å². The number of pyridine rings is 1. The molecule has 1 saturated heterocycles. The lowest BCUT2D eigenvalue weighted by Crippen LogP contribution is -2.31. The Bertz CT molecular complexity index is 769. The number of rotatable bonds is 4. The second-order valence-electron chi connectivity index (χ2n) is 6.70. The summed E-state index contributed by atoms with van der Waals surface area (Å²) in [5.74, 6) is 0. The monoisotopic (exact) mass is 315 g/mol. The zero-order chi connectivity index (χ0) is 16.6. The minimum atomic E-state index is 0.0773. The van der Waals surface area contributed by atoms with Gasteiger partial charge in [-0.1, -0.05) is 12.1 Å². The van der Waals surface area contributed by atoms with Gasteiger partial charge < -0.3 is 15.4 Å². The van der Waals surface area contributed by atoms with Gasteiger partial charge >= 0.3 is 0 Å².